The molecule has 0 atom stereocenters. The number of nitrogens with zero attached hydrogens (tertiary/aromatic N) is 2. The molecule has 0 spiro atoms. The van der Waals surface area contributed by atoms with Crippen LogP contribution in [0.3, 0.4) is 0 Å². The van der Waals surface area contributed by atoms with Crippen molar-refractivity contribution in [1.29, 1.82) is 0 Å². The third-order valence-corrected chi connectivity index (χ3v) is 4.97. The summed E-state index contributed by atoms with van der Waals surface area (Å²) in [7, 11) is 0. The van der Waals surface area contributed by atoms with Crippen molar-refractivity contribution in [3.63, 3.8) is 0 Å². The van der Waals surface area contributed by atoms with E-state index >= 15 is 0 Å². The first-order chi connectivity index (χ1) is 11.5. The van der Waals surface area contributed by atoms with Crippen molar-refractivity contribution in [3.05, 3.63) is 63.1 Å². The van der Waals surface area contributed by atoms with Gasteiger partial charge in [-0.25, -0.2) is 4.39 Å². The number of carbonyl (C=O) groups excluding carboxylic acids is 1. The average molecular weight is 367 g/mol. The molecule has 1 aromatic heterocycles. The molecule has 24 heavy (non-hydrogen) atoms. The fourth-order valence-electron chi connectivity index (χ4n) is 2.94. The predicted octanol–water partition coefficient (Wildman–Crippen LogP) is 4.44. The highest BCUT2D eigenvalue weighted by molar-refractivity contribution is 6.34. The predicted molar refractivity (Wildman–Crippen MR) is 92.7 cm³/mol. The third-order valence-electron chi connectivity index (χ3n) is 4.26. The zero-order valence-electron chi connectivity index (χ0n) is 13.1. The molecule has 0 unspecified atom stereocenters. The number of carbonyl (C=O) groups is 1. The van der Waals surface area contributed by atoms with Crippen molar-refractivity contribution in [3.8, 4) is 0 Å². The van der Waals surface area contributed by atoms with E-state index in [1.807, 2.05) is 4.90 Å². The maximum atomic E-state index is 12.8. The van der Waals surface area contributed by atoms with E-state index < -0.39 is 0 Å². The van der Waals surface area contributed by atoms with Crippen molar-refractivity contribution >= 4 is 29.1 Å². The Kier molecular flexibility index (Phi) is 5.36. The van der Waals surface area contributed by atoms with Crippen LogP contribution in [0.5, 0.6) is 0 Å². The van der Waals surface area contributed by atoms with Crippen LogP contribution in [0.2, 0.25) is 10.0 Å². The van der Waals surface area contributed by atoms with E-state index in [1.165, 1.54) is 12.3 Å². The molecule has 0 radical (unpaired) electrons. The average Bonchev–Trinajstić information content (AvgIpc) is 2.59. The van der Waals surface area contributed by atoms with Crippen LogP contribution >= 0.6 is 23.2 Å². The molecule has 1 aromatic carbocycles. The Morgan fingerprint density at radius 2 is 1.92 bits per heavy atom. The topological polar surface area (TPSA) is 33.2 Å². The maximum absolute atomic E-state index is 12.8. The zero-order valence-corrected chi connectivity index (χ0v) is 14.6. The summed E-state index contributed by atoms with van der Waals surface area (Å²) in [5.74, 6) is -0.254. The molecule has 0 bridgehead atoms. The van der Waals surface area contributed by atoms with Gasteiger partial charge in [-0.15, -0.1) is 0 Å². The number of aryl methyl sites for hydroxylation is 1. The zero-order chi connectivity index (χ0) is 17.1. The molecular weight excluding hydrogens is 350 g/mol. The Balaban J connectivity index is 1.56. The van der Waals surface area contributed by atoms with Gasteiger partial charge in [0.05, 0.1) is 6.20 Å². The number of hydrogen-bond donors (Lipinski definition) is 0. The van der Waals surface area contributed by atoms with Gasteiger partial charge >= 0.3 is 0 Å². The lowest BCUT2D eigenvalue weighted by molar-refractivity contribution is -0.132. The van der Waals surface area contributed by atoms with Crippen molar-refractivity contribution in [2.75, 3.05) is 6.54 Å². The maximum Gasteiger partial charge on any atom is 0.222 e. The lowest BCUT2D eigenvalue weighted by atomic mass is 9.99. The molecule has 1 aliphatic rings. The normalized spacial score (nSPS) is 13.7. The lowest BCUT2D eigenvalue weighted by Gasteiger charge is -2.30. The van der Waals surface area contributed by atoms with E-state index in [0.29, 0.717) is 42.4 Å². The van der Waals surface area contributed by atoms with Crippen molar-refractivity contribution < 1.29 is 9.18 Å². The highest BCUT2D eigenvalue weighted by Gasteiger charge is 2.23. The number of pyridine rings is 1. The molecule has 3 rings (SSSR count). The summed E-state index contributed by atoms with van der Waals surface area (Å²) in [6.07, 6.45) is 3.70. The quantitative estimate of drug-likeness (QED) is 0.801. The highest BCUT2D eigenvalue weighted by atomic mass is 35.5. The van der Waals surface area contributed by atoms with Crippen LogP contribution in [0.15, 0.2) is 30.5 Å². The summed E-state index contributed by atoms with van der Waals surface area (Å²) < 4.78 is 12.8. The molecule has 0 N–H and O–H groups in total. The van der Waals surface area contributed by atoms with Crippen LogP contribution in [0.4, 0.5) is 4.39 Å². The fourth-order valence-corrected chi connectivity index (χ4v) is 3.45. The van der Waals surface area contributed by atoms with E-state index in [9.17, 15) is 9.18 Å². The molecule has 2 heterocycles. The van der Waals surface area contributed by atoms with E-state index in [2.05, 4.69) is 4.98 Å². The standard InChI is InChI=1S/C18H17Cl2FN2O/c19-16-6-7-17(20)15-11-23(9-8-14(15)16)18(24)3-1-2-13-5-4-12(21)10-22-13/h4-7,10H,1-3,8-9,11H2. The summed E-state index contributed by atoms with van der Waals surface area (Å²) in [5.41, 5.74) is 2.79. The molecule has 0 fully saturated rings. The summed E-state index contributed by atoms with van der Waals surface area (Å²) in [4.78, 5) is 18.2. The van der Waals surface area contributed by atoms with Crippen LogP contribution < -0.4 is 0 Å². The SMILES string of the molecule is O=C(CCCc1ccc(F)cn1)N1CCc2c(Cl)ccc(Cl)c2C1. The minimum absolute atomic E-state index is 0.0961. The van der Waals surface area contributed by atoms with Gasteiger partial charge in [0, 0.05) is 35.2 Å². The van der Waals surface area contributed by atoms with Crippen molar-refractivity contribution in [1.82, 2.24) is 9.88 Å². The smallest absolute Gasteiger partial charge is 0.222 e. The van der Waals surface area contributed by atoms with Gasteiger partial charge < -0.3 is 4.90 Å². The number of rotatable bonds is 4. The van der Waals surface area contributed by atoms with Crippen molar-refractivity contribution in [2.45, 2.75) is 32.2 Å². The van der Waals surface area contributed by atoms with E-state index in [0.717, 1.165) is 23.2 Å². The van der Waals surface area contributed by atoms with Gasteiger partial charge in [-0.05, 0) is 54.7 Å². The van der Waals surface area contributed by atoms with Crippen molar-refractivity contribution in [2.24, 2.45) is 0 Å². The van der Waals surface area contributed by atoms with Crippen LogP contribution in [0.25, 0.3) is 0 Å². The van der Waals surface area contributed by atoms with Gasteiger partial charge in [0.25, 0.3) is 0 Å². The molecule has 0 saturated heterocycles. The second-order valence-corrected chi connectivity index (χ2v) is 6.69. The van der Waals surface area contributed by atoms with E-state index in [-0.39, 0.29) is 11.7 Å². The summed E-state index contributed by atoms with van der Waals surface area (Å²) in [5, 5.41) is 1.37. The number of halogens is 3. The Labute approximate surface area is 150 Å². The molecule has 0 saturated carbocycles. The number of hydrogen-bond acceptors (Lipinski definition) is 2. The molecule has 0 aliphatic carbocycles. The summed E-state index contributed by atoms with van der Waals surface area (Å²) >= 11 is 12.5. The minimum Gasteiger partial charge on any atom is -0.338 e. The van der Waals surface area contributed by atoms with Gasteiger partial charge in [-0.2, -0.15) is 0 Å². The molecule has 1 amide bonds. The third kappa shape index (κ3) is 3.87. The summed E-state index contributed by atoms with van der Waals surface area (Å²) in [6.45, 7) is 1.16. The molecule has 3 nitrogen and oxygen atoms in total. The van der Waals surface area contributed by atoms with Gasteiger partial charge in [-0.1, -0.05) is 23.2 Å². The number of benzene rings is 1. The Hall–Kier alpha value is -1.65. The highest BCUT2D eigenvalue weighted by Crippen LogP contribution is 2.31. The van der Waals surface area contributed by atoms with Crippen LogP contribution in [0, 0.1) is 5.82 Å². The number of fused-ring (bicyclic) bond motifs is 1. The first-order valence-corrected chi connectivity index (χ1v) is 8.64. The van der Waals surface area contributed by atoms with Crippen LogP contribution in [-0.4, -0.2) is 22.3 Å². The summed E-state index contributed by atoms with van der Waals surface area (Å²) in [6, 6.07) is 6.61. The molecule has 6 heteroatoms. The Bertz CT molecular complexity index is 749. The second-order valence-electron chi connectivity index (χ2n) is 5.87. The molecule has 2 aromatic rings. The fraction of sp³-hybridized carbons (Fsp3) is 0.333. The first-order valence-electron chi connectivity index (χ1n) is 7.88. The number of aromatic nitrogens is 1. The van der Waals surface area contributed by atoms with Crippen LogP contribution in [-0.2, 0) is 24.2 Å². The Morgan fingerprint density at radius 3 is 2.62 bits per heavy atom. The lowest BCUT2D eigenvalue weighted by Crippen LogP contribution is -2.36. The second kappa shape index (κ2) is 7.49. The first kappa shape index (κ1) is 17.2. The van der Waals surface area contributed by atoms with Gasteiger partial charge in [0.1, 0.15) is 5.82 Å². The minimum atomic E-state index is -0.350. The number of amides is 1. The largest absolute Gasteiger partial charge is 0.338 e. The van der Waals surface area contributed by atoms with Gasteiger partial charge in [0.15, 0.2) is 0 Å². The Morgan fingerprint density at radius 1 is 1.17 bits per heavy atom. The van der Waals surface area contributed by atoms with Gasteiger partial charge in [-0.3, -0.25) is 9.78 Å². The van der Waals surface area contributed by atoms with Crippen LogP contribution in [0.1, 0.15) is 29.7 Å². The molecule has 1 aliphatic heterocycles. The molecule has 126 valence electrons. The van der Waals surface area contributed by atoms with Gasteiger partial charge in [0.2, 0.25) is 5.91 Å². The monoisotopic (exact) mass is 366 g/mol. The van der Waals surface area contributed by atoms with E-state index in [1.54, 1.807) is 18.2 Å². The molecular formula is C18H17Cl2FN2O. The van der Waals surface area contributed by atoms with E-state index in [4.69, 9.17) is 23.2 Å².